The summed E-state index contributed by atoms with van der Waals surface area (Å²) in [5.41, 5.74) is 0. The zero-order chi connectivity index (χ0) is 5.58. The van der Waals surface area contributed by atoms with Crippen LogP contribution in [0.2, 0.25) is 0 Å². The van der Waals surface area contributed by atoms with E-state index in [1.807, 2.05) is 0 Å². The van der Waals surface area contributed by atoms with Gasteiger partial charge >= 0.3 is 0 Å². The van der Waals surface area contributed by atoms with E-state index in [-0.39, 0.29) is 5.48 Å². The molecule has 0 aromatic rings. The minimum absolute atomic E-state index is 0. The van der Waals surface area contributed by atoms with E-state index in [0.717, 1.165) is 0 Å². The molecule has 0 saturated heterocycles. The van der Waals surface area contributed by atoms with Crippen molar-refractivity contribution in [2.75, 3.05) is 12.5 Å². The smallest absolute Gasteiger partial charge is 0.0946 e. The SMILES string of the molecule is C[S+](C)[O-].O.O=[SH2]. The molecule has 0 atom stereocenters. The Labute approximate surface area is 51.1 Å². The normalized spacial score (nSPS) is 5.86. The second-order valence-corrected chi connectivity index (χ2v) is 2.22. The molecule has 0 heterocycles. The van der Waals surface area contributed by atoms with Crippen LogP contribution in [0.15, 0.2) is 0 Å². The zero-order valence-corrected chi connectivity index (χ0v) is 6.04. The van der Waals surface area contributed by atoms with Crippen molar-refractivity contribution in [2.24, 2.45) is 0 Å². The summed E-state index contributed by atoms with van der Waals surface area (Å²) in [6, 6.07) is 0. The van der Waals surface area contributed by atoms with Crippen LogP contribution in [0.1, 0.15) is 0 Å². The highest BCUT2D eigenvalue weighted by molar-refractivity contribution is 7.89. The molecule has 0 aliphatic rings. The van der Waals surface area contributed by atoms with Crippen molar-refractivity contribution in [1.82, 2.24) is 0 Å². The molecule has 0 saturated carbocycles. The number of hydrogen-bond donors (Lipinski definition) is 0. The molecule has 2 N–H and O–H groups in total. The fourth-order valence-corrected chi connectivity index (χ4v) is 0. The highest BCUT2D eigenvalue weighted by Crippen LogP contribution is 1.61. The minimum Gasteiger partial charge on any atom is -0.617 e. The second-order valence-electron chi connectivity index (χ2n) is 0.742. The van der Waals surface area contributed by atoms with Gasteiger partial charge in [0.25, 0.3) is 0 Å². The highest BCUT2D eigenvalue weighted by Gasteiger charge is 1.66. The molecular weight excluding hydrogens is 136 g/mol. The Kier molecular flexibility index (Phi) is 36.1. The summed E-state index contributed by atoms with van der Waals surface area (Å²) >= 11 is 1.11. The van der Waals surface area contributed by atoms with Gasteiger partial charge in [-0.25, -0.2) is 0 Å². The van der Waals surface area contributed by atoms with Gasteiger partial charge in [0.2, 0.25) is 0 Å². The van der Waals surface area contributed by atoms with Crippen LogP contribution in [0.25, 0.3) is 0 Å². The third-order valence-corrected chi connectivity index (χ3v) is 0. The summed E-state index contributed by atoms with van der Waals surface area (Å²) in [5, 5.41) is 0. The lowest BCUT2D eigenvalue weighted by molar-refractivity contribution is 0.606. The number of rotatable bonds is 0. The Hall–Kier alpha value is 0.420. The molecule has 48 valence electrons. The molecular formula is C2H10O3S2. The summed E-state index contributed by atoms with van der Waals surface area (Å²) in [5.74, 6) is 0. The van der Waals surface area contributed by atoms with Gasteiger partial charge in [-0.05, 0) is 12.5 Å². The van der Waals surface area contributed by atoms with Crippen molar-refractivity contribution in [3.63, 3.8) is 0 Å². The third-order valence-electron chi connectivity index (χ3n) is 0. The van der Waals surface area contributed by atoms with Crippen molar-refractivity contribution < 1.29 is 14.2 Å². The van der Waals surface area contributed by atoms with E-state index in [9.17, 15) is 4.55 Å². The van der Waals surface area contributed by atoms with Gasteiger partial charge in [-0.1, -0.05) is 11.2 Å². The second kappa shape index (κ2) is 16.1. The fourth-order valence-electron chi connectivity index (χ4n) is 0. The number of hydrogen-bond acceptors (Lipinski definition) is 2. The summed E-state index contributed by atoms with van der Waals surface area (Å²) in [4.78, 5) is 0. The maximum Gasteiger partial charge on any atom is 0.0946 e. The molecule has 0 aliphatic heterocycles. The van der Waals surface area contributed by atoms with E-state index in [4.69, 9.17) is 4.21 Å². The van der Waals surface area contributed by atoms with E-state index in [0.29, 0.717) is 0 Å². The van der Waals surface area contributed by atoms with Crippen LogP contribution in [-0.2, 0) is 23.7 Å². The Morgan fingerprint density at radius 2 is 1.43 bits per heavy atom. The molecule has 7 heavy (non-hydrogen) atoms. The topological polar surface area (TPSA) is 71.6 Å². The van der Waals surface area contributed by atoms with Crippen LogP contribution in [0.5, 0.6) is 0 Å². The first-order valence-electron chi connectivity index (χ1n) is 1.19. The molecule has 0 aromatic heterocycles. The van der Waals surface area contributed by atoms with Crippen LogP contribution in [-0.4, -0.2) is 26.7 Å². The van der Waals surface area contributed by atoms with E-state index >= 15 is 0 Å². The van der Waals surface area contributed by atoms with Gasteiger partial charge < -0.3 is 10.0 Å². The van der Waals surface area contributed by atoms with Crippen LogP contribution in [0.3, 0.4) is 0 Å². The van der Waals surface area contributed by atoms with Crippen molar-refractivity contribution in [2.45, 2.75) is 0 Å². The lowest BCUT2D eigenvalue weighted by atomic mass is 11.9. The predicted molar refractivity (Wildman–Crippen MR) is 34.5 cm³/mol. The zero-order valence-electron chi connectivity index (χ0n) is 4.22. The van der Waals surface area contributed by atoms with E-state index in [1.165, 1.54) is 0 Å². The first-order chi connectivity index (χ1) is 2.73. The van der Waals surface area contributed by atoms with E-state index in [1.54, 1.807) is 25.0 Å². The Bertz CT molecular complexity index is 22.1. The molecule has 0 spiro atoms. The van der Waals surface area contributed by atoms with Crippen molar-refractivity contribution in [3.8, 4) is 0 Å². The molecule has 0 aromatic carbocycles. The molecule has 3 nitrogen and oxygen atoms in total. The first-order valence-corrected chi connectivity index (χ1v) is 3.56. The van der Waals surface area contributed by atoms with Gasteiger partial charge in [0.05, 0.1) is 12.5 Å². The summed E-state index contributed by atoms with van der Waals surface area (Å²) < 4.78 is 17.6. The van der Waals surface area contributed by atoms with E-state index in [2.05, 4.69) is 0 Å². The maximum absolute atomic E-state index is 9.56. The Balaban J connectivity index is -0.0000000480. The molecule has 5 heteroatoms. The van der Waals surface area contributed by atoms with Crippen molar-refractivity contribution in [3.05, 3.63) is 0 Å². The quantitative estimate of drug-likeness (QED) is 0.382. The summed E-state index contributed by atoms with van der Waals surface area (Å²) in [6.07, 6.45) is 3.28. The van der Waals surface area contributed by atoms with Gasteiger partial charge in [-0.15, -0.1) is 0 Å². The lowest BCUT2D eigenvalue weighted by Gasteiger charge is -1.87. The van der Waals surface area contributed by atoms with Crippen molar-refractivity contribution >= 4 is 23.7 Å². The van der Waals surface area contributed by atoms with Crippen LogP contribution in [0.4, 0.5) is 0 Å². The van der Waals surface area contributed by atoms with Gasteiger partial charge in [-0.2, -0.15) is 0 Å². The van der Waals surface area contributed by atoms with E-state index < -0.39 is 11.2 Å². The molecule has 0 radical (unpaired) electrons. The molecule has 0 bridgehead atoms. The monoisotopic (exact) mass is 146 g/mol. The minimum atomic E-state index is -0.611. The molecule has 0 amide bonds. The Morgan fingerprint density at radius 1 is 1.43 bits per heavy atom. The average Bonchev–Trinajstić information content (AvgIpc) is 1.41. The Morgan fingerprint density at radius 3 is 1.43 bits per heavy atom. The third kappa shape index (κ3) is 711. The molecule has 0 aliphatic carbocycles. The predicted octanol–water partition coefficient (Wildman–Crippen LogP) is -1.70. The summed E-state index contributed by atoms with van der Waals surface area (Å²) in [6.45, 7) is 0. The van der Waals surface area contributed by atoms with Gasteiger partial charge in [0.15, 0.2) is 0 Å². The average molecular weight is 146 g/mol. The molecule has 0 fully saturated rings. The van der Waals surface area contributed by atoms with Crippen molar-refractivity contribution in [1.29, 1.82) is 0 Å². The van der Waals surface area contributed by atoms with Crippen LogP contribution < -0.4 is 0 Å². The van der Waals surface area contributed by atoms with Crippen LogP contribution in [0, 0.1) is 0 Å². The standard InChI is InChI=1S/C2H6OS.H2OS.H2O/c1-4(2)3;1-2;/h1-2H3;2H2;1H2. The van der Waals surface area contributed by atoms with Gasteiger partial charge in [0.1, 0.15) is 0 Å². The maximum atomic E-state index is 9.56. The summed E-state index contributed by atoms with van der Waals surface area (Å²) in [7, 11) is 0. The van der Waals surface area contributed by atoms with Crippen LogP contribution >= 0.6 is 0 Å². The molecule has 0 rings (SSSR count). The highest BCUT2D eigenvalue weighted by atomic mass is 32.2. The fraction of sp³-hybridized carbons (Fsp3) is 1.00. The molecule has 0 unspecified atom stereocenters. The van der Waals surface area contributed by atoms with Gasteiger partial charge in [0, 0.05) is 0 Å². The lowest BCUT2D eigenvalue weighted by Crippen LogP contribution is -1.86. The van der Waals surface area contributed by atoms with Gasteiger partial charge in [-0.3, -0.25) is 4.21 Å². The first kappa shape index (κ1) is 15.7. The largest absolute Gasteiger partial charge is 0.617 e.